The minimum Gasteiger partial charge on any atom is -0.496 e. The van der Waals surface area contributed by atoms with Gasteiger partial charge in [-0.1, -0.05) is 22.9 Å². The molecule has 1 aromatic heterocycles. The topological polar surface area (TPSA) is 71.5 Å². The first-order valence-electron chi connectivity index (χ1n) is 5.32. The maximum atomic E-state index is 10.7. The van der Waals surface area contributed by atoms with Gasteiger partial charge < -0.3 is 9.84 Å². The van der Waals surface area contributed by atoms with Gasteiger partial charge in [0.25, 0.3) is 0 Å². The van der Waals surface area contributed by atoms with E-state index in [0.29, 0.717) is 26.5 Å². The maximum Gasteiger partial charge on any atom is 0.409 e. The predicted octanol–water partition coefficient (Wildman–Crippen LogP) is 3.87. The molecule has 0 atom stereocenters. The van der Waals surface area contributed by atoms with Crippen LogP contribution in [0.1, 0.15) is 5.69 Å². The largest absolute Gasteiger partial charge is 0.496 e. The molecule has 2 N–H and O–H groups in total. The molecule has 2 aromatic rings. The van der Waals surface area contributed by atoms with Gasteiger partial charge in [-0.05, 0) is 25.1 Å². The smallest absolute Gasteiger partial charge is 0.409 e. The lowest BCUT2D eigenvalue weighted by Crippen LogP contribution is -2.06. The lowest BCUT2D eigenvalue weighted by molar-refractivity contribution is 0.210. The first-order valence-corrected chi connectivity index (χ1v) is 6.52. The van der Waals surface area contributed by atoms with Gasteiger partial charge in [0.1, 0.15) is 15.8 Å². The molecule has 1 aromatic carbocycles. The number of hydrogen-bond donors (Lipinski definition) is 2. The van der Waals surface area contributed by atoms with Crippen LogP contribution < -0.4 is 10.1 Å². The molecule has 0 spiro atoms. The number of aryl methyl sites for hydroxylation is 1. The minimum atomic E-state index is -1.11. The van der Waals surface area contributed by atoms with Gasteiger partial charge in [-0.25, -0.2) is 9.78 Å². The Morgan fingerprint density at radius 1 is 1.53 bits per heavy atom. The maximum absolute atomic E-state index is 10.7. The molecule has 1 heterocycles. The molecular formula is C12H11ClN2O3S. The summed E-state index contributed by atoms with van der Waals surface area (Å²) in [6.45, 7) is 1.74. The lowest BCUT2D eigenvalue weighted by atomic mass is 10.2. The number of nitrogens with zero attached hydrogens (tertiary/aromatic N) is 1. The molecule has 2 rings (SSSR count). The number of aromatic nitrogens is 1. The number of amides is 1. The number of halogens is 1. The zero-order valence-electron chi connectivity index (χ0n) is 10.2. The first-order chi connectivity index (χ1) is 9.01. The zero-order valence-corrected chi connectivity index (χ0v) is 11.8. The molecule has 0 radical (unpaired) electrons. The van der Waals surface area contributed by atoms with E-state index in [1.807, 2.05) is 0 Å². The molecule has 0 saturated carbocycles. The Morgan fingerprint density at radius 3 is 2.89 bits per heavy atom. The van der Waals surface area contributed by atoms with Crippen LogP contribution in [0, 0.1) is 6.92 Å². The van der Waals surface area contributed by atoms with E-state index in [9.17, 15) is 4.79 Å². The van der Waals surface area contributed by atoms with Crippen molar-refractivity contribution >= 4 is 34.0 Å². The van der Waals surface area contributed by atoms with Crippen LogP contribution in [0.15, 0.2) is 18.2 Å². The van der Waals surface area contributed by atoms with E-state index in [1.54, 1.807) is 32.2 Å². The minimum absolute atomic E-state index is 0.500. The quantitative estimate of drug-likeness (QED) is 0.902. The van der Waals surface area contributed by atoms with E-state index < -0.39 is 6.09 Å². The van der Waals surface area contributed by atoms with Crippen molar-refractivity contribution < 1.29 is 14.6 Å². The number of ether oxygens (including phenoxy) is 1. The van der Waals surface area contributed by atoms with Gasteiger partial charge in [-0.15, -0.1) is 0 Å². The number of rotatable bonds is 3. The molecule has 7 heteroatoms. The summed E-state index contributed by atoms with van der Waals surface area (Å²) in [5, 5.41) is 12.8. The summed E-state index contributed by atoms with van der Waals surface area (Å²) >= 11 is 7.15. The summed E-state index contributed by atoms with van der Waals surface area (Å²) in [5.74, 6) is 0.600. The van der Waals surface area contributed by atoms with Crippen molar-refractivity contribution in [3.63, 3.8) is 0 Å². The zero-order chi connectivity index (χ0) is 14.0. The summed E-state index contributed by atoms with van der Waals surface area (Å²) in [6, 6.07) is 5.22. The fraction of sp³-hybridized carbons (Fsp3) is 0.167. The molecule has 19 heavy (non-hydrogen) atoms. The molecule has 100 valence electrons. The highest BCUT2D eigenvalue weighted by Crippen LogP contribution is 2.37. The number of carboxylic acid groups (broad SMARTS) is 1. The van der Waals surface area contributed by atoms with Crippen LogP contribution >= 0.6 is 22.9 Å². The molecule has 0 saturated heterocycles. The van der Waals surface area contributed by atoms with Crippen molar-refractivity contribution in [3.05, 3.63) is 28.9 Å². The monoisotopic (exact) mass is 298 g/mol. The summed E-state index contributed by atoms with van der Waals surface area (Å²) in [6.07, 6.45) is -1.11. The Morgan fingerprint density at radius 2 is 2.26 bits per heavy atom. The average Bonchev–Trinajstić information content (AvgIpc) is 2.69. The van der Waals surface area contributed by atoms with Crippen LogP contribution in [0.2, 0.25) is 5.02 Å². The van der Waals surface area contributed by atoms with E-state index in [2.05, 4.69) is 10.3 Å². The molecule has 0 aliphatic heterocycles. The van der Waals surface area contributed by atoms with Crippen molar-refractivity contribution in [3.8, 4) is 16.3 Å². The van der Waals surface area contributed by atoms with Crippen LogP contribution in [-0.2, 0) is 0 Å². The van der Waals surface area contributed by atoms with Crippen LogP contribution in [0.4, 0.5) is 9.80 Å². The van der Waals surface area contributed by atoms with Gasteiger partial charge in [-0.3, -0.25) is 5.32 Å². The summed E-state index contributed by atoms with van der Waals surface area (Å²) < 4.78 is 5.26. The molecule has 5 nitrogen and oxygen atoms in total. The second kappa shape index (κ2) is 5.46. The van der Waals surface area contributed by atoms with Gasteiger partial charge >= 0.3 is 6.09 Å². The number of hydrogen-bond acceptors (Lipinski definition) is 4. The van der Waals surface area contributed by atoms with Crippen LogP contribution in [-0.4, -0.2) is 23.3 Å². The molecule has 1 amide bonds. The third kappa shape index (κ3) is 2.97. The van der Waals surface area contributed by atoms with Crippen molar-refractivity contribution in [1.82, 2.24) is 4.98 Å². The highest BCUT2D eigenvalue weighted by Gasteiger charge is 2.14. The van der Waals surface area contributed by atoms with Crippen molar-refractivity contribution in [2.75, 3.05) is 12.4 Å². The Labute approximate surface area is 118 Å². The number of thiazole rings is 1. The fourth-order valence-electron chi connectivity index (χ4n) is 1.57. The van der Waals surface area contributed by atoms with Gasteiger partial charge in [0.15, 0.2) is 0 Å². The third-order valence-electron chi connectivity index (χ3n) is 2.41. The Hall–Kier alpha value is -1.79. The van der Waals surface area contributed by atoms with Crippen LogP contribution in [0.5, 0.6) is 5.75 Å². The van der Waals surface area contributed by atoms with E-state index in [-0.39, 0.29) is 0 Å². The van der Waals surface area contributed by atoms with Crippen LogP contribution in [0.3, 0.4) is 0 Å². The Kier molecular flexibility index (Phi) is 3.92. The molecule has 0 aliphatic carbocycles. The second-order valence-electron chi connectivity index (χ2n) is 3.71. The second-order valence-corrected chi connectivity index (χ2v) is 5.14. The number of benzene rings is 1. The van der Waals surface area contributed by atoms with Crippen molar-refractivity contribution in [2.24, 2.45) is 0 Å². The molecule has 0 fully saturated rings. The summed E-state index contributed by atoms with van der Waals surface area (Å²) in [4.78, 5) is 15.0. The number of nitrogens with one attached hydrogen (secondary N) is 1. The van der Waals surface area contributed by atoms with Gasteiger partial charge in [0, 0.05) is 5.02 Å². The van der Waals surface area contributed by atoms with Gasteiger partial charge in [0.05, 0.1) is 18.4 Å². The van der Waals surface area contributed by atoms with Gasteiger partial charge in [-0.2, -0.15) is 0 Å². The van der Waals surface area contributed by atoms with E-state index in [1.165, 1.54) is 11.3 Å². The SMILES string of the molecule is COc1cc(Cl)ccc1-c1nc(C)c(NC(=O)O)s1. The predicted molar refractivity (Wildman–Crippen MR) is 75.5 cm³/mol. The standard InChI is InChI=1S/C12H11ClN2O3S/c1-6-10(15-12(16)17)19-11(14-6)8-4-3-7(13)5-9(8)18-2/h3-5,15H,1-2H3,(H,16,17). The average molecular weight is 299 g/mol. The van der Waals surface area contributed by atoms with Crippen molar-refractivity contribution in [2.45, 2.75) is 6.92 Å². The highest BCUT2D eigenvalue weighted by molar-refractivity contribution is 7.19. The molecule has 0 aliphatic rings. The number of anilines is 1. The van der Waals surface area contributed by atoms with E-state index >= 15 is 0 Å². The molecule has 0 bridgehead atoms. The third-order valence-corrected chi connectivity index (χ3v) is 3.75. The number of methoxy groups -OCH3 is 1. The lowest BCUT2D eigenvalue weighted by Gasteiger charge is -2.05. The van der Waals surface area contributed by atoms with E-state index in [0.717, 1.165) is 5.56 Å². The molecular weight excluding hydrogens is 288 g/mol. The highest BCUT2D eigenvalue weighted by atomic mass is 35.5. The summed E-state index contributed by atoms with van der Waals surface area (Å²) in [5.41, 5.74) is 1.40. The Bertz CT molecular complexity index is 627. The fourth-order valence-corrected chi connectivity index (χ4v) is 2.71. The normalized spacial score (nSPS) is 10.3. The van der Waals surface area contributed by atoms with Crippen molar-refractivity contribution in [1.29, 1.82) is 0 Å². The molecule has 0 unspecified atom stereocenters. The summed E-state index contributed by atoms with van der Waals surface area (Å²) in [7, 11) is 1.55. The van der Waals surface area contributed by atoms with E-state index in [4.69, 9.17) is 21.4 Å². The van der Waals surface area contributed by atoms with Gasteiger partial charge in [0.2, 0.25) is 0 Å². The first kappa shape index (κ1) is 13.6. The Balaban J connectivity index is 2.45. The van der Waals surface area contributed by atoms with Crippen LogP contribution in [0.25, 0.3) is 10.6 Å². The number of carbonyl (C=O) groups is 1.